The maximum Gasteiger partial charge on any atom is 0.241 e. The molecule has 0 unspecified atom stereocenters. The van der Waals surface area contributed by atoms with Crippen molar-refractivity contribution in [1.29, 1.82) is 0 Å². The second-order valence-corrected chi connectivity index (χ2v) is 9.34. The normalized spacial score (nSPS) is 11.8. The number of carbonyl (C=O) groups is 1. The highest BCUT2D eigenvalue weighted by atomic mass is 32.2. The summed E-state index contributed by atoms with van der Waals surface area (Å²) in [4.78, 5) is 12.8. The smallest absolute Gasteiger partial charge is 0.241 e. The summed E-state index contributed by atoms with van der Waals surface area (Å²) in [6.07, 6.45) is 3.16. The lowest BCUT2D eigenvalue weighted by Gasteiger charge is -2.09. The van der Waals surface area contributed by atoms with Crippen LogP contribution in [-0.2, 0) is 27.8 Å². The van der Waals surface area contributed by atoms with Crippen LogP contribution < -0.4 is 10.0 Å². The minimum atomic E-state index is -3.77. The number of carbonyl (C=O) groups excluding carboxylic acids is 1. The van der Waals surface area contributed by atoms with Gasteiger partial charge in [-0.15, -0.1) is 0 Å². The van der Waals surface area contributed by atoms with Crippen molar-refractivity contribution < 1.29 is 22.0 Å². The van der Waals surface area contributed by atoms with E-state index in [1.54, 1.807) is 30.5 Å². The van der Waals surface area contributed by atoms with Crippen molar-refractivity contribution in [2.75, 3.05) is 5.32 Å². The predicted molar refractivity (Wildman–Crippen MR) is 125 cm³/mol. The Hall–Kier alpha value is -3.88. The van der Waals surface area contributed by atoms with Gasteiger partial charge in [-0.25, -0.2) is 13.1 Å². The Labute approximate surface area is 190 Å². The van der Waals surface area contributed by atoms with Gasteiger partial charge in [0, 0.05) is 16.6 Å². The fourth-order valence-electron chi connectivity index (χ4n) is 3.79. The molecule has 1 amide bonds. The lowest BCUT2D eigenvalue weighted by Crippen LogP contribution is -2.23. The van der Waals surface area contributed by atoms with Crippen molar-refractivity contribution in [3.05, 3.63) is 96.6 Å². The quantitative estimate of drug-likeness (QED) is 0.362. The van der Waals surface area contributed by atoms with Crippen LogP contribution >= 0.6 is 0 Å². The molecule has 0 bridgehead atoms. The van der Waals surface area contributed by atoms with Crippen molar-refractivity contribution in [2.24, 2.45) is 0 Å². The van der Waals surface area contributed by atoms with Crippen molar-refractivity contribution in [2.45, 2.75) is 17.9 Å². The maximum absolute atomic E-state index is 12.8. The molecule has 2 N–H and O–H groups in total. The molecule has 5 rings (SSSR count). The van der Waals surface area contributed by atoms with Crippen LogP contribution in [0.15, 0.2) is 99.1 Å². The summed E-state index contributed by atoms with van der Waals surface area (Å²) < 4.78 is 38.5. The molecule has 0 saturated heterocycles. The van der Waals surface area contributed by atoms with Gasteiger partial charge in [-0.2, -0.15) is 0 Å². The van der Waals surface area contributed by atoms with E-state index in [0.717, 1.165) is 21.7 Å². The Morgan fingerprint density at radius 3 is 2.64 bits per heavy atom. The molecular weight excluding hydrogens is 440 g/mol. The van der Waals surface area contributed by atoms with Crippen molar-refractivity contribution in [3.63, 3.8) is 0 Å². The molecule has 166 valence electrons. The number of hydrogen-bond donors (Lipinski definition) is 2. The van der Waals surface area contributed by atoms with Crippen LogP contribution in [0.2, 0.25) is 0 Å². The Morgan fingerprint density at radius 1 is 0.909 bits per heavy atom. The molecule has 3 aromatic carbocycles. The summed E-state index contributed by atoms with van der Waals surface area (Å²) in [6.45, 7) is 0.0352. The number of rotatable bonds is 7. The molecule has 0 radical (unpaired) electrons. The van der Waals surface area contributed by atoms with Crippen LogP contribution in [0.3, 0.4) is 0 Å². The molecule has 0 aliphatic rings. The number of amides is 1. The molecule has 2 heterocycles. The van der Waals surface area contributed by atoms with E-state index in [1.807, 2.05) is 36.4 Å². The molecule has 7 nitrogen and oxygen atoms in total. The first kappa shape index (κ1) is 21.0. The van der Waals surface area contributed by atoms with Gasteiger partial charge in [0.25, 0.3) is 0 Å². The minimum Gasteiger partial charge on any atom is -0.468 e. The van der Waals surface area contributed by atoms with Gasteiger partial charge < -0.3 is 14.2 Å². The van der Waals surface area contributed by atoms with Crippen molar-refractivity contribution >= 4 is 43.4 Å². The van der Waals surface area contributed by atoms with E-state index in [0.29, 0.717) is 17.0 Å². The molecule has 0 saturated carbocycles. The summed E-state index contributed by atoms with van der Waals surface area (Å²) in [5, 5.41) is 5.77. The molecule has 0 aliphatic carbocycles. The van der Waals surface area contributed by atoms with E-state index in [-0.39, 0.29) is 23.8 Å². The van der Waals surface area contributed by atoms with Gasteiger partial charge >= 0.3 is 0 Å². The third-order valence-corrected chi connectivity index (χ3v) is 6.73. The first-order chi connectivity index (χ1) is 16.0. The molecule has 0 atom stereocenters. The second-order valence-electron chi connectivity index (χ2n) is 7.58. The fourth-order valence-corrected chi connectivity index (χ4v) is 4.83. The monoisotopic (exact) mass is 460 g/mol. The summed E-state index contributed by atoms with van der Waals surface area (Å²) in [7, 11) is -3.77. The fraction of sp³-hybridized carbons (Fsp3) is 0.0800. The number of furan rings is 2. The average molecular weight is 461 g/mol. The molecule has 0 aliphatic heterocycles. The summed E-state index contributed by atoms with van der Waals surface area (Å²) >= 11 is 0. The van der Waals surface area contributed by atoms with Gasteiger partial charge in [0.2, 0.25) is 15.9 Å². The zero-order valence-electron chi connectivity index (χ0n) is 17.4. The molecule has 0 fully saturated rings. The maximum atomic E-state index is 12.8. The van der Waals surface area contributed by atoms with Crippen LogP contribution in [0.5, 0.6) is 0 Å². The molecule has 33 heavy (non-hydrogen) atoms. The molecule has 8 heteroatoms. The van der Waals surface area contributed by atoms with E-state index in [2.05, 4.69) is 10.0 Å². The van der Waals surface area contributed by atoms with Gasteiger partial charge in [0.15, 0.2) is 0 Å². The molecule has 2 aromatic heterocycles. The van der Waals surface area contributed by atoms with Crippen molar-refractivity contribution in [3.8, 4) is 0 Å². The summed E-state index contributed by atoms with van der Waals surface area (Å²) in [6, 6.07) is 21.3. The van der Waals surface area contributed by atoms with Crippen LogP contribution in [0.1, 0.15) is 11.3 Å². The average Bonchev–Trinajstić information content (AvgIpc) is 3.48. The van der Waals surface area contributed by atoms with Crippen LogP contribution in [-0.4, -0.2) is 14.3 Å². The van der Waals surface area contributed by atoms with Crippen LogP contribution in [0, 0.1) is 0 Å². The topological polar surface area (TPSA) is 102 Å². The van der Waals surface area contributed by atoms with Gasteiger partial charge in [-0.05, 0) is 47.2 Å². The lowest BCUT2D eigenvalue weighted by molar-refractivity contribution is -0.115. The Bertz CT molecular complexity index is 1550. The van der Waals surface area contributed by atoms with E-state index < -0.39 is 10.0 Å². The number of fused-ring (bicyclic) bond motifs is 3. The number of nitrogens with one attached hydrogen (secondary N) is 2. The highest BCUT2D eigenvalue weighted by Crippen LogP contribution is 2.30. The lowest BCUT2D eigenvalue weighted by atomic mass is 10.0. The molecule has 5 aromatic rings. The summed E-state index contributed by atoms with van der Waals surface area (Å²) in [5.74, 6) is 0.228. The minimum absolute atomic E-state index is 0.0352. The summed E-state index contributed by atoms with van der Waals surface area (Å²) in [5.41, 5.74) is 1.87. The third-order valence-electron chi connectivity index (χ3n) is 5.34. The standard InChI is InChI=1S/C25H20N2O5S/c28-24(13-18-16-32-23-11-10-17-5-1-2-9-22(17)25(18)23)27-19-6-3-8-21(14-19)33(29,30)26-15-20-7-4-12-31-20/h1-12,14,16,26H,13,15H2,(H,27,28). The molecule has 0 spiro atoms. The van der Waals surface area contributed by atoms with Gasteiger partial charge in [-0.3, -0.25) is 4.79 Å². The zero-order valence-corrected chi connectivity index (χ0v) is 18.3. The number of anilines is 1. The van der Waals surface area contributed by atoms with E-state index in [9.17, 15) is 13.2 Å². The predicted octanol–water partition coefficient (Wildman–Crippen LogP) is 4.84. The van der Waals surface area contributed by atoms with Gasteiger partial charge in [0.1, 0.15) is 11.3 Å². The zero-order chi connectivity index (χ0) is 22.8. The third kappa shape index (κ3) is 4.39. The van der Waals surface area contributed by atoms with Gasteiger partial charge in [0.05, 0.1) is 30.4 Å². The SMILES string of the molecule is O=C(Cc1coc2ccc3ccccc3c12)Nc1cccc(S(=O)(=O)NCc2ccco2)c1. The number of benzene rings is 3. The Morgan fingerprint density at radius 2 is 1.79 bits per heavy atom. The number of sulfonamides is 1. The second kappa shape index (κ2) is 8.57. The van der Waals surface area contributed by atoms with E-state index >= 15 is 0 Å². The Balaban J connectivity index is 1.33. The van der Waals surface area contributed by atoms with Crippen molar-refractivity contribution in [1.82, 2.24) is 4.72 Å². The van der Waals surface area contributed by atoms with E-state index in [1.165, 1.54) is 18.4 Å². The molecular formula is C25H20N2O5S. The highest BCUT2D eigenvalue weighted by Gasteiger charge is 2.17. The Kier molecular flexibility index (Phi) is 5.45. The van der Waals surface area contributed by atoms with Crippen LogP contribution in [0.4, 0.5) is 5.69 Å². The number of hydrogen-bond acceptors (Lipinski definition) is 5. The first-order valence-corrected chi connectivity index (χ1v) is 11.8. The van der Waals surface area contributed by atoms with Crippen LogP contribution in [0.25, 0.3) is 21.7 Å². The highest BCUT2D eigenvalue weighted by molar-refractivity contribution is 7.89. The largest absolute Gasteiger partial charge is 0.468 e. The first-order valence-electron chi connectivity index (χ1n) is 10.3. The van der Waals surface area contributed by atoms with E-state index in [4.69, 9.17) is 8.83 Å². The van der Waals surface area contributed by atoms with Gasteiger partial charge in [-0.1, -0.05) is 36.4 Å².